The Kier molecular flexibility index (Phi) is 4.16. The fourth-order valence-electron chi connectivity index (χ4n) is 2.29. The Balaban J connectivity index is 2.03. The molecule has 0 amide bonds. The molecule has 0 unspecified atom stereocenters. The number of rotatable bonds is 4. The predicted octanol–water partition coefficient (Wildman–Crippen LogP) is 4.43. The predicted molar refractivity (Wildman–Crippen MR) is 79.7 cm³/mol. The molecule has 0 N–H and O–H groups in total. The Hall–Kier alpha value is -1.89. The maximum atomic E-state index is 12.2. The summed E-state index contributed by atoms with van der Waals surface area (Å²) in [5.74, 6) is 0.229. The highest BCUT2D eigenvalue weighted by Crippen LogP contribution is 2.13. The van der Waals surface area contributed by atoms with E-state index in [0.29, 0.717) is 6.42 Å². The average molecular weight is 252 g/mol. The van der Waals surface area contributed by atoms with Crippen molar-refractivity contribution in [1.82, 2.24) is 0 Å². The van der Waals surface area contributed by atoms with Crippen LogP contribution in [-0.4, -0.2) is 5.78 Å². The number of ketones is 1. The van der Waals surface area contributed by atoms with E-state index in [2.05, 4.69) is 37.3 Å². The summed E-state index contributed by atoms with van der Waals surface area (Å²) in [5.41, 5.74) is 5.62. The van der Waals surface area contributed by atoms with Gasteiger partial charge in [-0.25, -0.2) is 0 Å². The van der Waals surface area contributed by atoms with Gasteiger partial charge in [0.2, 0.25) is 0 Å². The summed E-state index contributed by atoms with van der Waals surface area (Å²) in [7, 11) is 0. The van der Waals surface area contributed by atoms with Gasteiger partial charge in [-0.15, -0.1) is 0 Å². The molecule has 0 aliphatic heterocycles. The second-order valence-corrected chi connectivity index (χ2v) is 5.29. The van der Waals surface area contributed by atoms with Crippen LogP contribution in [0.1, 0.15) is 39.0 Å². The molecule has 1 heteroatoms. The van der Waals surface area contributed by atoms with Crippen molar-refractivity contribution in [3.8, 4) is 0 Å². The maximum Gasteiger partial charge on any atom is 0.163 e. The number of carbonyl (C=O) groups excluding carboxylic acids is 1. The van der Waals surface area contributed by atoms with E-state index in [9.17, 15) is 4.79 Å². The SMILES string of the molecule is Cc1ccc(CCC(=O)c2cc(C)cc(C)c2)cc1. The fourth-order valence-corrected chi connectivity index (χ4v) is 2.29. The summed E-state index contributed by atoms with van der Waals surface area (Å²) in [6.45, 7) is 6.14. The van der Waals surface area contributed by atoms with E-state index < -0.39 is 0 Å². The molecule has 0 bridgehead atoms. The lowest BCUT2D eigenvalue weighted by molar-refractivity contribution is 0.0982. The minimum atomic E-state index is 0.229. The van der Waals surface area contributed by atoms with E-state index >= 15 is 0 Å². The minimum Gasteiger partial charge on any atom is -0.294 e. The van der Waals surface area contributed by atoms with Crippen LogP contribution in [0.5, 0.6) is 0 Å². The normalized spacial score (nSPS) is 10.5. The molecule has 0 saturated carbocycles. The molecular formula is C18H20O. The Labute approximate surface area is 115 Å². The summed E-state index contributed by atoms with van der Waals surface area (Å²) < 4.78 is 0. The van der Waals surface area contributed by atoms with Crippen molar-refractivity contribution >= 4 is 5.78 Å². The lowest BCUT2D eigenvalue weighted by Crippen LogP contribution is -2.02. The molecule has 0 aliphatic carbocycles. The Morgan fingerprint density at radius 1 is 0.842 bits per heavy atom. The van der Waals surface area contributed by atoms with Crippen molar-refractivity contribution in [1.29, 1.82) is 0 Å². The largest absolute Gasteiger partial charge is 0.294 e. The van der Waals surface area contributed by atoms with Gasteiger partial charge in [0, 0.05) is 12.0 Å². The fraction of sp³-hybridized carbons (Fsp3) is 0.278. The van der Waals surface area contributed by atoms with E-state index in [-0.39, 0.29) is 5.78 Å². The summed E-state index contributed by atoms with van der Waals surface area (Å²) >= 11 is 0. The Bertz CT molecular complexity index is 559. The van der Waals surface area contributed by atoms with E-state index in [1.165, 1.54) is 11.1 Å². The summed E-state index contributed by atoms with van der Waals surface area (Å²) in [4.78, 5) is 12.2. The van der Waals surface area contributed by atoms with Gasteiger partial charge in [-0.1, -0.05) is 47.0 Å². The smallest absolute Gasteiger partial charge is 0.163 e. The summed E-state index contributed by atoms with van der Waals surface area (Å²) in [6.07, 6.45) is 1.39. The summed E-state index contributed by atoms with van der Waals surface area (Å²) in [5, 5.41) is 0. The van der Waals surface area contributed by atoms with Crippen molar-refractivity contribution in [2.45, 2.75) is 33.6 Å². The van der Waals surface area contributed by atoms with Crippen LogP contribution in [-0.2, 0) is 6.42 Å². The number of carbonyl (C=O) groups is 1. The van der Waals surface area contributed by atoms with Gasteiger partial charge in [0.15, 0.2) is 5.78 Å². The molecular weight excluding hydrogens is 232 g/mol. The third-order valence-electron chi connectivity index (χ3n) is 3.31. The first-order valence-corrected chi connectivity index (χ1v) is 6.71. The van der Waals surface area contributed by atoms with Gasteiger partial charge in [0.1, 0.15) is 0 Å². The lowest BCUT2D eigenvalue weighted by atomic mass is 9.99. The van der Waals surface area contributed by atoms with Crippen molar-refractivity contribution in [3.63, 3.8) is 0 Å². The number of Topliss-reactive ketones (excluding diaryl/α,β-unsaturated/α-hetero) is 1. The molecule has 0 radical (unpaired) electrons. The molecule has 1 nitrogen and oxygen atoms in total. The highest BCUT2D eigenvalue weighted by molar-refractivity contribution is 5.96. The van der Waals surface area contributed by atoms with Crippen molar-refractivity contribution < 1.29 is 4.79 Å². The number of hydrogen-bond donors (Lipinski definition) is 0. The molecule has 0 heterocycles. The highest BCUT2D eigenvalue weighted by Gasteiger charge is 2.07. The van der Waals surface area contributed by atoms with Crippen LogP contribution in [0.3, 0.4) is 0 Å². The maximum absolute atomic E-state index is 12.2. The van der Waals surface area contributed by atoms with Crippen LogP contribution in [0.15, 0.2) is 42.5 Å². The van der Waals surface area contributed by atoms with Gasteiger partial charge in [0.05, 0.1) is 0 Å². The molecule has 0 atom stereocenters. The first-order chi connectivity index (χ1) is 9.04. The molecule has 0 spiro atoms. The molecule has 2 aromatic rings. The van der Waals surface area contributed by atoms with E-state index in [4.69, 9.17) is 0 Å². The average Bonchev–Trinajstić information content (AvgIpc) is 2.36. The lowest BCUT2D eigenvalue weighted by Gasteiger charge is -2.05. The van der Waals surface area contributed by atoms with Crippen molar-refractivity contribution in [2.75, 3.05) is 0 Å². The first-order valence-electron chi connectivity index (χ1n) is 6.71. The number of aryl methyl sites for hydroxylation is 4. The van der Waals surface area contributed by atoms with Gasteiger partial charge in [-0.3, -0.25) is 4.79 Å². The van der Waals surface area contributed by atoms with Crippen LogP contribution in [0.2, 0.25) is 0 Å². The van der Waals surface area contributed by atoms with Crippen LogP contribution in [0.4, 0.5) is 0 Å². The monoisotopic (exact) mass is 252 g/mol. The molecule has 2 rings (SSSR count). The third-order valence-corrected chi connectivity index (χ3v) is 3.31. The third kappa shape index (κ3) is 3.78. The standard InChI is InChI=1S/C18H20O/c1-13-4-6-16(7-5-13)8-9-18(19)17-11-14(2)10-15(3)12-17/h4-7,10-12H,8-9H2,1-3H3. The second kappa shape index (κ2) is 5.83. The number of benzene rings is 2. The van der Waals surface area contributed by atoms with E-state index in [1.807, 2.05) is 26.0 Å². The molecule has 2 aromatic carbocycles. The Morgan fingerprint density at radius 3 is 2.00 bits per heavy atom. The molecule has 0 fully saturated rings. The number of hydrogen-bond acceptors (Lipinski definition) is 1. The van der Waals surface area contributed by atoms with Crippen LogP contribution >= 0.6 is 0 Å². The zero-order chi connectivity index (χ0) is 13.8. The molecule has 0 saturated heterocycles. The first kappa shape index (κ1) is 13.5. The van der Waals surface area contributed by atoms with Crippen LogP contribution in [0.25, 0.3) is 0 Å². The second-order valence-electron chi connectivity index (χ2n) is 5.29. The minimum absolute atomic E-state index is 0.229. The van der Waals surface area contributed by atoms with Crippen LogP contribution < -0.4 is 0 Å². The molecule has 0 aromatic heterocycles. The zero-order valence-corrected chi connectivity index (χ0v) is 11.9. The molecule has 19 heavy (non-hydrogen) atoms. The Morgan fingerprint density at radius 2 is 1.42 bits per heavy atom. The topological polar surface area (TPSA) is 17.1 Å². The zero-order valence-electron chi connectivity index (χ0n) is 11.9. The molecule has 0 aliphatic rings. The van der Waals surface area contributed by atoms with Gasteiger partial charge in [0.25, 0.3) is 0 Å². The van der Waals surface area contributed by atoms with E-state index in [1.54, 1.807) is 0 Å². The van der Waals surface area contributed by atoms with Gasteiger partial charge in [-0.2, -0.15) is 0 Å². The van der Waals surface area contributed by atoms with Crippen LogP contribution in [0, 0.1) is 20.8 Å². The van der Waals surface area contributed by atoms with Gasteiger partial charge >= 0.3 is 0 Å². The van der Waals surface area contributed by atoms with Gasteiger partial charge in [-0.05, 0) is 44.9 Å². The molecule has 98 valence electrons. The summed E-state index contributed by atoms with van der Waals surface area (Å²) in [6, 6.07) is 14.4. The van der Waals surface area contributed by atoms with Crippen molar-refractivity contribution in [3.05, 3.63) is 70.3 Å². The van der Waals surface area contributed by atoms with Crippen molar-refractivity contribution in [2.24, 2.45) is 0 Å². The quantitative estimate of drug-likeness (QED) is 0.736. The van der Waals surface area contributed by atoms with E-state index in [0.717, 1.165) is 23.1 Å². The highest BCUT2D eigenvalue weighted by atomic mass is 16.1. The van der Waals surface area contributed by atoms with Gasteiger partial charge < -0.3 is 0 Å².